The molecule has 0 aromatic carbocycles. The van der Waals surface area contributed by atoms with E-state index in [-0.39, 0.29) is 18.0 Å². The minimum Gasteiger partial charge on any atom is -0.343 e. The normalized spacial score (nSPS) is 40.4. The lowest BCUT2D eigenvalue weighted by molar-refractivity contribution is -0.153. The molecule has 0 aromatic heterocycles. The molecule has 4 atom stereocenters. The highest BCUT2D eigenvalue weighted by atomic mass is 16.8. The van der Waals surface area contributed by atoms with Crippen LogP contribution in [-0.4, -0.2) is 30.6 Å². The van der Waals surface area contributed by atoms with Crippen molar-refractivity contribution in [2.24, 2.45) is 5.92 Å². The summed E-state index contributed by atoms with van der Waals surface area (Å²) in [6.45, 7) is 9.50. The van der Waals surface area contributed by atoms with Crippen LogP contribution in [0.5, 0.6) is 0 Å². The van der Waals surface area contributed by atoms with Gasteiger partial charge in [0.15, 0.2) is 5.79 Å². The number of nitrogens with one attached hydrogen (secondary N) is 1. The minimum absolute atomic E-state index is 0.258. The Labute approximate surface area is 92.5 Å². The molecule has 88 valence electrons. The second-order valence-electron chi connectivity index (χ2n) is 5.40. The fourth-order valence-electron chi connectivity index (χ4n) is 2.56. The first-order chi connectivity index (χ1) is 7.02. The van der Waals surface area contributed by atoms with Gasteiger partial charge < -0.3 is 14.8 Å². The summed E-state index contributed by atoms with van der Waals surface area (Å²) in [5.41, 5.74) is 0. The minimum atomic E-state index is -0.384. The van der Waals surface area contributed by atoms with E-state index in [0.29, 0.717) is 6.04 Å². The van der Waals surface area contributed by atoms with Crippen LogP contribution in [0.3, 0.4) is 0 Å². The fourth-order valence-corrected chi connectivity index (χ4v) is 2.56. The highest BCUT2D eigenvalue weighted by molar-refractivity contribution is 4.98. The molecule has 0 bridgehead atoms. The van der Waals surface area contributed by atoms with Gasteiger partial charge in [0.2, 0.25) is 0 Å². The third kappa shape index (κ3) is 2.35. The zero-order valence-electron chi connectivity index (χ0n) is 10.2. The molecule has 0 radical (unpaired) electrons. The summed E-state index contributed by atoms with van der Waals surface area (Å²) in [6.07, 6.45) is 2.94. The van der Waals surface area contributed by atoms with Crippen LogP contribution >= 0.6 is 0 Å². The van der Waals surface area contributed by atoms with E-state index >= 15 is 0 Å². The standard InChI is InChI=1S/C12H23NO2/c1-5-8(2)6-9-11-10(7-13-9)14-12(3,4)15-11/h8-11,13H,5-7H2,1-4H3. The van der Waals surface area contributed by atoms with Crippen LogP contribution in [0, 0.1) is 5.92 Å². The monoisotopic (exact) mass is 213 g/mol. The van der Waals surface area contributed by atoms with Gasteiger partial charge in [0.05, 0.1) is 0 Å². The summed E-state index contributed by atoms with van der Waals surface area (Å²) in [4.78, 5) is 0. The van der Waals surface area contributed by atoms with Crippen LogP contribution < -0.4 is 5.32 Å². The van der Waals surface area contributed by atoms with Crippen molar-refractivity contribution in [2.75, 3.05) is 6.54 Å². The molecule has 3 heteroatoms. The molecule has 4 unspecified atom stereocenters. The number of hydrogen-bond acceptors (Lipinski definition) is 3. The lowest BCUT2D eigenvalue weighted by Crippen LogP contribution is -2.36. The van der Waals surface area contributed by atoms with Crippen molar-refractivity contribution in [1.82, 2.24) is 5.32 Å². The van der Waals surface area contributed by atoms with E-state index < -0.39 is 0 Å². The van der Waals surface area contributed by atoms with Crippen LogP contribution in [0.4, 0.5) is 0 Å². The zero-order valence-corrected chi connectivity index (χ0v) is 10.2. The molecule has 0 amide bonds. The van der Waals surface area contributed by atoms with E-state index in [1.165, 1.54) is 12.8 Å². The lowest BCUT2D eigenvalue weighted by Gasteiger charge is -2.23. The Balaban J connectivity index is 1.94. The van der Waals surface area contributed by atoms with Crippen LogP contribution in [0.1, 0.15) is 40.5 Å². The molecule has 0 aromatic rings. The predicted molar refractivity (Wildman–Crippen MR) is 59.7 cm³/mol. The summed E-state index contributed by atoms with van der Waals surface area (Å²) < 4.78 is 11.8. The van der Waals surface area contributed by atoms with Crippen molar-refractivity contribution in [3.05, 3.63) is 0 Å². The molecule has 2 heterocycles. The molecule has 15 heavy (non-hydrogen) atoms. The van der Waals surface area contributed by atoms with Gasteiger partial charge in [-0.2, -0.15) is 0 Å². The van der Waals surface area contributed by atoms with Gasteiger partial charge >= 0.3 is 0 Å². The molecule has 1 N–H and O–H groups in total. The Hall–Kier alpha value is -0.120. The van der Waals surface area contributed by atoms with Gasteiger partial charge in [0, 0.05) is 12.6 Å². The molecule has 2 fully saturated rings. The largest absolute Gasteiger partial charge is 0.343 e. The van der Waals surface area contributed by atoms with Crippen LogP contribution in [0.25, 0.3) is 0 Å². The molecule has 0 saturated carbocycles. The molecular weight excluding hydrogens is 190 g/mol. The molecule has 2 saturated heterocycles. The maximum atomic E-state index is 5.95. The molecule has 2 aliphatic rings. The second-order valence-corrected chi connectivity index (χ2v) is 5.40. The van der Waals surface area contributed by atoms with E-state index in [1.54, 1.807) is 0 Å². The van der Waals surface area contributed by atoms with Crippen molar-refractivity contribution >= 4 is 0 Å². The first-order valence-corrected chi connectivity index (χ1v) is 6.11. The topological polar surface area (TPSA) is 30.5 Å². The Morgan fingerprint density at radius 2 is 2.13 bits per heavy atom. The second kappa shape index (κ2) is 4.04. The van der Waals surface area contributed by atoms with Gasteiger partial charge in [-0.15, -0.1) is 0 Å². The lowest BCUT2D eigenvalue weighted by atomic mass is 9.96. The highest BCUT2D eigenvalue weighted by Crippen LogP contribution is 2.34. The smallest absolute Gasteiger partial charge is 0.163 e. The van der Waals surface area contributed by atoms with E-state index in [0.717, 1.165) is 12.5 Å². The van der Waals surface area contributed by atoms with Gasteiger partial charge in [-0.05, 0) is 26.2 Å². The maximum absolute atomic E-state index is 5.95. The molecular formula is C12H23NO2. The number of fused-ring (bicyclic) bond motifs is 1. The Bertz CT molecular complexity index is 230. The zero-order chi connectivity index (χ0) is 11.1. The first kappa shape index (κ1) is 11.4. The summed E-state index contributed by atoms with van der Waals surface area (Å²) in [5, 5.41) is 3.51. The van der Waals surface area contributed by atoms with Crippen molar-refractivity contribution in [2.45, 2.75) is 64.6 Å². The molecule has 0 spiro atoms. The number of ether oxygens (including phenoxy) is 2. The molecule has 2 aliphatic heterocycles. The number of hydrogen-bond donors (Lipinski definition) is 1. The SMILES string of the molecule is CCC(C)CC1NCC2OC(C)(C)OC12. The van der Waals surface area contributed by atoms with E-state index in [4.69, 9.17) is 9.47 Å². The summed E-state index contributed by atoms with van der Waals surface area (Å²) in [7, 11) is 0. The van der Waals surface area contributed by atoms with Crippen molar-refractivity contribution in [3.8, 4) is 0 Å². The summed E-state index contributed by atoms with van der Waals surface area (Å²) in [6, 6.07) is 0.478. The van der Waals surface area contributed by atoms with Gasteiger partial charge in [-0.3, -0.25) is 0 Å². The Kier molecular flexibility index (Phi) is 3.06. The Morgan fingerprint density at radius 1 is 1.40 bits per heavy atom. The predicted octanol–water partition coefficient (Wildman–Crippen LogP) is 1.91. The van der Waals surface area contributed by atoms with Crippen molar-refractivity contribution in [3.63, 3.8) is 0 Å². The average molecular weight is 213 g/mol. The van der Waals surface area contributed by atoms with Gasteiger partial charge in [-0.25, -0.2) is 0 Å². The van der Waals surface area contributed by atoms with Crippen molar-refractivity contribution in [1.29, 1.82) is 0 Å². The van der Waals surface area contributed by atoms with Crippen LogP contribution in [-0.2, 0) is 9.47 Å². The van der Waals surface area contributed by atoms with Gasteiger partial charge in [0.1, 0.15) is 12.2 Å². The van der Waals surface area contributed by atoms with E-state index in [2.05, 4.69) is 19.2 Å². The summed E-state index contributed by atoms with van der Waals surface area (Å²) in [5.74, 6) is 0.374. The Morgan fingerprint density at radius 3 is 2.80 bits per heavy atom. The van der Waals surface area contributed by atoms with Crippen LogP contribution in [0.2, 0.25) is 0 Å². The van der Waals surface area contributed by atoms with Gasteiger partial charge in [-0.1, -0.05) is 20.3 Å². The van der Waals surface area contributed by atoms with E-state index in [1.807, 2.05) is 13.8 Å². The first-order valence-electron chi connectivity index (χ1n) is 6.11. The fraction of sp³-hybridized carbons (Fsp3) is 1.00. The third-order valence-electron chi connectivity index (χ3n) is 3.55. The number of rotatable bonds is 3. The molecule has 0 aliphatic carbocycles. The van der Waals surface area contributed by atoms with Gasteiger partial charge in [0.25, 0.3) is 0 Å². The maximum Gasteiger partial charge on any atom is 0.163 e. The summed E-state index contributed by atoms with van der Waals surface area (Å²) >= 11 is 0. The molecule has 2 rings (SSSR count). The van der Waals surface area contributed by atoms with Crippen molar-refractivity contribution < 1.29 is 9.47 Å². The van der Waals surface area contributed by atoms with E-state index in [9.17, 15) is 0 Å². The highest BCUT2D eigenvalue weighted by Gasteiger charge is 2.48. The quantitative estimate of drug-likeness (QED) is 0.777. The molecule has 3 nitrogen and oxygen atoms in total. The average Bonchev–Trinajstić information content (AvgIpc) is 2.63. The third-order valence-corrected chi connectivity index (χ3v) is 3.55. The van der Waals surface area contributed by atoms with Crippen LogP contribution in [0.15, 0.2) is 0 Å².